The summed E-state index contributed by atoms with van der Waals surface area (Å²) in [5.74, 6) is 0.835. The maximum atomic E-state index is 10.8. The number of nitrogens with zero attached hydrogens (tertiary/aromatic N) is 3. The van der Waals surface area contributed by atoms with Crippen molar-refractivity contribution < 1.29 is 9.90 Å². The van der Waals surface area contributed by atoms with Gasteiger partial charge in [-0.25, -0.2) is 0 Å². The van der Waals surface area contributed by atoms with Crippen LogP contribution in [0.2, 0.25) is 0 Å². The van der Waals surface area contributed by atoms with Crippen LogP contribution < -0.4 is 4.90 Å². The third kappa shape index (κ3) is 2.29. The normalized spacial score (nSPS) is 16.8. The van der Waals surface area contributed by atoms with Crippen LogP contribution in [0.3, 0.4) is 0 Å². The molecule has 2 heterocycles. The number of carbonyl (C=O) groups is 1. The highest BCUT2D eigenvalue weighted by molar-refractivity contribution is 5.94. The maximum absolute atomic E-state index is 10.8. The summed E-state index contributed by atoms with van der Waals surface area (Å²) in [6.45, 7) is 1.56. The lowest BCUT2D eigenvalue weighted by atomic mass is 10.1. The second kappa shape index (κ2) is 4.93. The summed E-state index contributed by atoms with van der Waals surface area (Å²) >= 11 is 0. The van der Waals surface area contributed by atoms with Crippen molar-refractivity contribution in [2.75, 3.05) is 18.0 Å². The second-order valence-corrected chi connectivity index (χ2v) is 4.85. The molecule has 0 amide bonds. The first kappa shape index (κ1) is 12.0. The highest BCUT2D eigenvalue weighted by Crippen LogP contribution is 2.26. The fourth-order valence-electron chi connectivity index (χ4n) is 2.48. The standard InChI is InChI=1S/C14H15N3O2/c18-9-10-1-2-13-11(7-10)8-15-16-14(13)17-5-3-12(19)4-6-17/h1-2,7-9,12,19H,3-6H2. The molecule has 0 aliphatic carbocycles. The number of carbonyl (C=O) groups excluding carboxylic acids is 1. The minimum atomic E-state index is -0.208. The van der Waals surface area contributed by atoms with Crippen LogP contribution in [0.5, 0.6) is 0 Å². The Morgan fingerprint density at radius 2 is 2.11 bits per heavy atom. The van der Waals surface area contributed by atoms with Crippen molar-refractivity contribution in [3.63, 3.8) is 0 Å². The molecule has 5 nitrogen and oxygen atoms in total. The van der Waals surface area contributed by atoms with Gasteiger partial charge in [0.1, 0.15) is 6.29 Å². The molecule has 1 aromatic carbocycles. The molecule has 5 heteroatoms. The van der Waals surface area contributed by atoms with E-state index in [0.29, 0.717) is 5.56 Å². The smallest absolute Gasteiger partial charge is 0.159 e. The van der Waals surface area contributed by atoms with Crippen molar-refractivity contribution in [3.05, 3.63) is 30.0 Å². The van der Waals surface area contributed by atoms with E-state index in [9.17, 15) is 9.90 Å². The van der Waals surface area contributed by atoms with Gasteiger partial charge >= 0.3 is 0 Å². The van der Waals surface area contributed by atoms with Crippen LogP contribution in [0.25, 0.3) is 10.8 Å². The number of hydrogen-bond donors (Lipinski definition) is 1. The van der Waals surface area contributed by atoms with E-state index in [-0.39, 0.29) is 6.10 Å². The number of fused-ring (bicyclic) bond motifs is 1. The van der Waals surface area contributed by atoms with Gasteiger partial charge in [0.15, 0.2) is 5.82 Å². The molecule has 3 rings (SSSR count). The van der Waals surface area contributed by atoms with E-state index in [2.05, 4.69) is 15.1 Å². The number of aldehydes is 1. The number of benzene rings is 1. The lowest BCUT2D eigenvalue weighted by molar-refractivity contribution is 0.112. The number of aliphatic hydroxyl groups is 1. The zero-order valence-electron chi connectivity index (χ0n) is 10.5. The molecule has 2 aromatic rings. The summed E-state index contributed by atoms with van der Waals surface area (Å²) in [5, 5.41) is 19.7. The Morgan fingerprint density at radius 1 is 1.32 bits per heavy atom. The van der Waals surface area contributed by atoms with Gasteiger partial charge in [0.2, 0.25) is 0 Å². The minimum Gasteiger partial charge on any atom is -0.393 e. The Labute approximate surface area is 110 Å². The Hall–Kier alpha value is -2.01. The van der Waals surface area contributed by atoms with E-state index in [1.54, 1.807) is 12.3 Å². The van der Waals surface area contributed by atoms with Crippen LogP contribution in [-0.4, -0.2) is 40.8 Å². The van der Waals surface area contributed by atoms with Crippen LogP contribution in [0.1, 0.15) is 23.2 Å². The summed E-state index contributed by atoms with van der Waals surface area (Å²) in [4.78, 5) is 12.9. The van der Waals surface area contributed by atoms with Crippen molar-refractivity contribution in [1.82, 2.24) is 10.2 Å². The number of hydrogen-bond acceptors (Lipinski definition) is 5. The van der Waals surface area contributed by atoms with Crippen LogP contribution >= 0.6 is 0 Å². The summed E-state index contributed by atoms with van der Waals surface area (Å²) in [5.41, 5.74) is 0.639. The number of anilines is 1. The molecule has 0 radical (unpaired) electrons. The van der Waals surface area contributed by atoms with Crippen molar-refractivity contribution in [3.8, 4) is 0 Å². The molecule has 19 heavy (non-hydrogen) atoms. The SMILES string of the molecule is O=Cc1ccc2c(N3CCC(O)CC3)nncc2c1. The Morgan fingerprint density at radius 3 is 2.84 bits per heavy atom. The molecule has 1 fully saturated rings. The summed E-state index contributed by atoms with van der Waals surface area (Å²) in [6, 6.07) is 5.52. The van der Waals surface area contributed by atoms with Gasteiger partial charge in [-0.05, 0) is 25.0 Å². The molecular weight excluding hydrogens is 242 g/mol. The van der Waals surface area contributed by atoms with Crippen molar-refractivity contribution in [2.45, 2.75) is 18.9 Å². The minimum absolute atomic E-state index is 0.208. The third-order valence-electron chi connectivity index (χ3n) is 3.57. The van der Waals surface area contributed by atoms with Gasteiger partial charge in [-0.1, -0.05) is 6.07 Å². The summed E-state index contributed by atoms with van der Waals surface area (Å²) in [7, 11) is 0. The molecule has 1 aliphatic heterocycles. The third-order valence-corrected chi connectivity index (χ3v) is 3.57. The number of rotatable bonds is 2. The van der Waals surface area contributed by atoms with E-state index in [1.165, 1.54) is 0 Å². The van der Waals surface area contributed by atoms with Gasteiger partial charge in [-0.2, -0.15) is 5.10 Å². The number of aromatic nitrogens is 2. The van der Waals surface area contributed by atoms with Crippen LogP contribution in [0.15, 0.2) is 24.4 Å². The molecule has 98 valence electrons. The van der Waals surface area contributed by atoms with Gasteiger partial charge < -0.3 is 10.0 Å². The van der Waals surface area contributed by atoms with Crippen LogP contribution in [0.4, 0.5) is 5.82 Å². The van der Waals surface area contributed by atoms with Crippen molar-refractivity contribution >= 4 is 22.9 Å². The Bertz CT molecular complexity index is 607. The largest absolute Gasteiger partial charge is 0.393 e. The molecule has 0 saturated carbocycles. The van der Waals surface area contributed by atoms with E-state index in [4.69, 9.17) is 0 Å². The molecule has 0 atom stereocenters. The quantitative estimate of drug-likeness (QED) is 0.824. The molecule has 1 aromatic heterocycles. The molecule has 0 spiro atoms. The van der Waals surface area contributed by atoms with Crippen LogP contribution in [-0.2, 0) is 0 Å². The topological polar surface area (TPSA) is 66.3 Å². The lowest BCUT2D eigenvalue weighted by Crippen LogP contribution is -2.36. The predicted molar refractivity (Wildman–Crippen MR) is 72.4 cm³/mol. The highest BCUT2D eigenvalue weighted by Gasteiger charge is 2.20. The van der Waals surface area contributed by atoms with Crippen LogP contribution in [0, 0.1) is 0 Å². The van der Waals surface area contributed by atoms with Gasteiger partial charge in [0, 0.05) is 29.4 Å². The summed E-state index contributed by atoms with van der Waals surface area (Å²) < 4.78 is 0. The van der Waals surface area contributed by atoms with E-state index < -0.39 is 0 Å². The maximum Gasteiger partial charge on any atom is 0.159 e. The predicted octanol–water partition coefficient (Wildman–Crippen LogP) is 1.40. The average molecular weight is 257 g/mol. The van der Waals surface area contributed by atoms with Crippen molar-refractivity contribution in [2.24, 2.45) is 0 Å². The van der Waals surface area contributed by atoms with E-state index in [0.717, 1.165) is 48.8 Å². The summed E-state index contributed by atoms with van der Waals surface area (Å²) in [6.07, 6.45) is 3.80. The fraction of sp³-hybridized carbons (Fsp3) is 0.357. The Balaban J connectivity index is 2.01. The van der Waals surface area contributed by atoms with Gasteiger partial charge in [-0.3, -0.25) is 4.79 Å². The number of aliphatic hydroxyl groups excluding tert-OH is 1. The second-order valence-electron chi connectivity index (χ2n) is 4.85. The zero-order chi connectivity index (χ0) is 13.2. The molecule has 1 aliphatic rings. The Kier molecular flexibility index (Phi) is 3.13. The first-order chi connectivity index (χ1) is 9.28. The fourth-order valence-corrected chi connectivity index (χ4v) is 2.48. The molecule has 0 unspecified atom stereocenters. The molecular formula is C14H15N3O2. The lowest BCUT2D eigenvalue weighted by Gasteiger charge is -2.30. The van der Waals surface area contributed by atoms with Gasteiger partial charge in [-0.15, -0.1) is 5.10 Å². The molecule has 1 N–H and O–H groups in total. The zero-order valence-corrected chi connectivity index (χ0v) is 10.5. The molecule has 1 saturated heterocycles. The van der Waals surface area contributed by atoms with Gasteiger partial charge in [0.05, 0.1) is 12.3 Å². The van der Waals surface area contributed by atoms with E-state index >= 15 is 0 Å². The first-order valence-corrected chi connectivity index (χ1v) is 6.41. The average Bonchev–Trinajstić information content (AvgIpc) is 2.47. The number of piperidine rings is 1. The monoisotopic (exact) mass is 257 g/mol. The van der Waals surface area contributed by atoms with Gasteiger partial charge in [0.25, 0.3) is 0 Å². The highest BCUT2D eigenvalue weighted by atomic mass is 16.3. The molecule has 0 bridgehead atoms. The van der Waals surface area contributed by atoms with Crippen molar-refractivity contribution in [1.29, 1.82) is 0 Å². The first-order valence-electron chi connectivity index (χ1n) is 6.41. The van der Waals surface area contributed by atoms with E-state index in [1.807, 2.05) is 12.1 Å².